The number of rotatable bonds is 3. The van der Waals surface area contributed by atoms with Gasteiger partial charge in [-0.15, -0.1) is 11.6 Å². The summed E-state index contributed by atoms with van der Waals surface area (Å²) in [5.74, 6) is 0. The van der Waals surface area contributed by atoms with E-state index in [1.807, 2.05) is 37.3 Å². The van der Waals surface area contributed by atoms with Gasteiger partial charge in [-0.3, -0.25) is 0 Å². The van der Waals surface area contributed by atoms with Crippen LogP contribution in [-0.4, -0.2) is 0 Å². The lowest BCUT2D eigenvalue weighted by molar-refractivity contribution is 0.909. The van der Waals surface area contributed by atoms with Crippen LogP contribution in [0.4, 0.5) is 0 Å². The topological polar surface area (TPSA) is 0 Å². The summed E-state index contributed by atoms with van der Waals surface area (Å²) in [6.07, 6.45) is 0.809. The van der Waals surface area contributed by atoms with Gasteiger partial charge in [-0.1, -0.05) is 45.7 Å². The van der Waals surface area contributed by atoms with E-state index in [1.54, 1.807) is 0 Å². The van der Waals surface area contributed by atoms with Gasteiger partial charge >= 0.3 is 0 Å². The zero-order valence-electron chi connectivity index (χ0n) is 9.96. The predicted molar refractivity (Wildman–Crippen MR) is 82.6 cm³/mol. The Morgan fingerprint density at radius 2 is 1.94 bits per heavy atom. The van der Waals surface area contributed by atoms with Crippen LogP contribution >= 0.6 is 39.1 Å². The molecule has 0 aliphatic heterocycles. The van der Waals surface area contributed by atoms with Gasteiger partial charge in [-0.25, -0.2) is 0 Å². The first-order valence-electron chi connectivity index (χ1n) is 5.71. The molecule has 0 amide bonds. The Labute approximate surface area is 126 Å². The maximum Gasteiger partial charge on any atom is 0.0628 e. The van der Waals surface area contributed by atoms with Gasteiger partial charge in [0.05, 0.1) is 5.38 Å². The standard InChI is InChI=1S/C15H13BrCl2/c1-10-7-13(17)5-6-14(10)15(18)9-11-3-2-4-12(16)8-11/h2-8,15H,9H2,1H3. The second kappa shape index (κ2) is 6.10. The molecule has 94 valence electrons. The molecule has 0 spiro atoms. The van der Waals surface area contributed by atoms with Crippen LogP contribution in [0.15, 0.2) is 46.9 Å². The van der Waals surface area contributed by atoms with Gasteiger partial charge in [-0.05, 0) is 54.3 Å². The highest BCUT2D eigenvalue weighted by atomic mass is 79.9. The molecule has 2 rings (SSSR count). The highest BCUT2D eigenvalue weighted by Gasteiger charge is 2.12. The zero-order valence-corrected chi connectivity index (χ0v) is 13.1. The molecular weight excluding hydrogens is 331 g/mol. The third-order valence-electron chi connectivity index (χ3n) is 2.87. The third kappa shape index (κ3) is 3.50. The molecule has 0 saturated carbocycles. The van der Waals surface area contributed by atoms with E-state index in [2.05, 4.69) is 28.1 Å². The Kier molecular flexibility index (Phi) is 4.71. The van der Waals surface area contributed by atoms with E-state index in [1.165, 1.54) is 5.56 Å². The van der Waals surface area contributed by atoms with Crippen molar-refractivity contribution in [2.45, 2.75) is 18.7 Å². The number of hydrogen-bond donors (Lipinski definition) is 0. The minimum Gasteiger partial charge on any atom is -0.117 e. The number of hydrogen-bond acceptors (Lipinski definition) is 0. The fourth-order valence-corrected chi connectivity index (χ4v) is 3.07. The van der Waals surface area contributed by atoms with Crippen LogP contribution in [0, 0.1) is 6.92 Å². The summed E-state index contributed by atoms with van der Waals surface area (Å²) in [6, 6.07) is 14.1. The molecule has 2 aromatic rings. The van der Waals surface area contributed by atoms with Gasteiger partial charge in [0.25, 0.3) is 0 Å². The van der Waals surface area contributed by atoms with E-state index >= 15 is 0 Å². The van der Waals surface area contributed by atoms with Crippen molar-refractivity contribution in [3.63, 3.8) is 0 Å². The average molecular weight is 344 g/mol. The first kappa shape index (κ1) is 13.9. The van der Waals surface area contributed by atoms with Crippen LogP contribution in [-0.2, 0) is 6.42 Å². The van der Waals surface area contributed by atoms with Crippen LogP contribution in [0.3, 0.4) is 0 Å². The molecule has 1 atom stereocenters. The second-order valence-corrected chi connectivity index (χ2v) is 6.18. The Bertz CT molecular complexity index is 552. The lowest BCUT2D eigenvalue weighted by atomic mass is 10.0. The van der Waals surface area contributed by atoms with Crippen molar-refractivity contribution in [1.82, 2.24) is 0 Å². The molecule has 0 aromatic heterocycles. The van der Waals surface area contributed by atoms with Gasteiger partial charge in [-0.2, -0.15) is 0 Å². The van der Waals surface area contributed by atoms with Crippen LogP contribution in [0.2, 0.25) is 5.02 Å². The van der Waals surface area contributed by atoms with Crippen molar-refractivity contribution >= 4 is 39.1 Å². The largest absolute Gasteiger partial charge is 0.117 e. The molecule has 3 heteroatoms. The van der Waals surface area contributed by atoms with Gasteiger partial charge in [0.2, 0.25) is 0 Å². The van der Waals surface area contributed by atoms with E-state index in [4.69, 9.17) is 23.2 Å². The smallest absolute Gasteiger partial charge is 0.0628 e. The maximum atomic E-state index is 6.49. The predicted octanol–water partition coefficient (Wildman–Crippen LogP) is 5.93. The number of aryl methyl sites for hydroxylation is 1. The second-order valence-electron chi connectivity index (χ2n) is 4.30. The molecule has 0 fully saturated rings. The minimum atomic E-state index is -0.0310. The molecule has 2 aromatic carbocycles. The summed E-state index contributed by atoms with van der Waals surface area (Å²) < 4.78 is 1.08. The molecule has 0 radical (unpaired) electrons. The van der Waals surface area contributed by atoms with Crippen molar-refractivity contribution in [2.24, 2.45) is 0 Å². The first-order chi connectivity index (χ1) is 8.56. The number of alkyl halides is 1. The van der Waals surface area contributed by atoms with E-state index in [0.717, 1.165) is 27.0 Å². The Morgan fingerprint density at radius 1 is 1.17 bits per heavy atom. The van der Waals surface area contributed by atoms with E-state index in [9.17, 15) is 0 Å². The van der Waals surface area contributed by atoms with E-state index in [0.29, 0.717) is 0 Å². The van der Waals surface area contributed by atoms with Crippen molar-refractivity contribution < 1.29 is 0 Å². The van der Waals surface area contributed by atoms with Gasteiger partial charge in [0.1, 0.15) is 0 Å². The Balaban J connectivity index is 2.19. The van der Waals surface area contributed by atoms with Gasteiger partial charge in [0.15, 0.2) is 0 Å². The quantitative estimate of drug-likeness (QED) is 0.605. The van der Waals surface area contributed by atoms with E-state index in [-0.39, 0.29) is 5.38 Å². The van der Waals surface area contributed by atoms with Crippen LogP contribution in [0.1, 0.15) is 22.1 Å². The first-order valence-corrected chi connectivity index (χ1v) is 7.31. The Morgan fingerprint density at radius 3 is 2.61 bits per heavy atom. The summed E-state index contributed by atoms with van der Waals surface area (Å²) >= 11 is 15.9. The van der Waals surface area contributed by atoms with Crippen molar-refractivity contribution in [2.75, 3.05) is 0 Å². The molecule has 1 unspecified atom stereocenters. The molecule has 0 saturated heterocycles. The van der Waals surface area contributed by atoms with Gasteiger partial charge in [0, 0.05) is 9.50 Å². The molecule has 0 aliphatic rings. The maximum absolute atomic E-state index is 6.49. The highest BCUT2D eigenvalue weighted by Crippen LogP contribution is 2.29. The van der Waals surface area contributed by atoms with Crippen LogP contribution in [0.25, 0.3) is 0 Å². The van der Waals surface area contributed by atoms with Gasteiger partial charge < -0.3 is 0 Å². The molecule has 0 nitrogen and oxygen atoms in total. The molecule has 0 aliphatic carbocycles. The molecule has 0 bridgehead atoms. The lowest BCUT2D eigenvalue weighted by Crippen LogP contribution is -1.98. The molecule has 0 N–H and O–H groups in total. The molecular formula is C15H13BrCl2. The summed E-state index contributed by atoms with van der Waals surface area (Å²) in [7, 11) is 0. The number of benzene rings is 2. The minimum absolute atomic E-state index is 0.0310. The Hall–Kier alpha value is -0.500. The van der Waals surface area contributed by atoms with Crippen molar-refractivity contribution in [3.8, 4) is 0 Å². The summed E-state index contributed by atoms with van der Waals surface area (Å²) in [5, 5.41) is 0.721. The fraction of sp³-hybridized carbons (Fsp3) is 0.200. The van der Waals surface area contributed by atoms with Crippen molar-refractivity contribution in [3.05, 3.63) is 68.7 Å². The normalized spacial score (nSPS) is 12.4. The summed E-state index contributed by atoms with van der Waals surface area (Å²) in [5.41, 5.74) is 3.50. The molecule has 18 heavy (non-hydrogen) atoms. The lowest BCUT2D eigenvalue weighted by Gasteiger charge is -2.13. The third-order valence-corrected chi connectivity index (χ3v) is 3.99. The van der Waals surface area contributed by atoms with E-state index < -0.39 is 0 Å². The highest BCUT2D eigenvalue weighted by molar-refractivity contribution is 9.10. The van der Waals surface area contributed by atoms with Crippen molar-refractivity contribution in [1.29, 1.82) is 0 Å². The van der Waals surface area contributed by atoms with Crippen LogP contribution < -0.4 is 0 Å². The summed E-state index contributed by atoms with van der Waals surface area (Å²) in [6.45, 7) is 2.04. The summed E-state index contributed by atoms with van der Waals surface area (Å²) in [4.78, 5) is 0. The monoisotopic (exact) mass is 342 g/mol. The molecule has 0 heterocycles. The SMILES string of the molecule is Cc1cc(Cl)ccc1C(Cl)Cc1cccc(Br)c1. The van der Waals surface area contributed by atoms with Crippen LogP contribution in [0.5, 0.6) is 0 Å². The average Bonchev–Trinajstić information content (AvgIpc) is 2.28. The zero-order chi connectivity index (χ0) is 13.1. The number of halogens is 3. The fourth-order valence-electron chi connectivity index (χ4n) is 1.97.